The highest BCUT2D eigenvalue weighted by Crippen LogP contribution is 2.28. The summed E-state index contributed by atoms with van der Waals surface area (Å²) in [7, 11) is 3.25. The van der Waals surface area contributed by atoms with E-state index in [4.69, 9.17) is 11.6 Å². The van der Waals surface area contributed by atoms with Crippen LogP contribution in [0.15, 0.2) is 32.9 Å². The molecule has 146 valence electrons. The molecule has 0 amide bonds. The van der Waals surface area contributed by atoms with E-state index in [-0.39, 0.29) is 34.3 Å². The van der Waals surface area contributed by atoms with Crippen molar-refractivity contribution >= 4 is 34.4 Å². The van der Waals surface area contributed by atoms with Crippen LogP contribution < -0.4 is 16.3 Å². The number of aryl methyl sites for hydroxylation is 1. The summed E-state index contributed by atoms with van der Waals surface area (Å²) >= 11 is 6.09. The number of benzene rings is 1. The number of aromatic nitrogens is 4. The summed E-state index contributed by atoms with van der Waals surface area (Å²) in [4.78, 5) is 30.6. The summed E-state index contributed by atoms with van der Waals surface area (Å²) in [5.41, 5.74) is 0.254. The minimum atomic E-state index is -0.597. The third-order valence-corrected chi connectivity index (χ3v) is 5.48. The summed E-state index contributed by atoms with van der Waals surface area (Å²) in [5.74, 6) is -0.116. The highest BCUT2D eigenvalue weighted by molar-refractivity contribution is 6.31. The molecular weight excluding hydrogens is 387 g/mol. The van der Waals surface area contributed by atoms with Gasteiger partial charge in [0.2, 0.25) is 5.95 Å². The SMILES string of the molecule is CC1=NN(C)c2nc3c(c(=O)n(Cc4c(F)cccc4Cl)c(=O)n3C)n2[C@H]1C. The summed E-state index contributed by atoms with van der Waals surface area (Å²) in [6.07, 6.45) is 0. The number of imidazole rings is 1. The topological polar surface area (TPSA) is 77.4 Å². The monoisotopic (exact) mass is 404 g/mol. The fourth-order valence-corrected chi connectivity index (χ4v) is 3.68. The molecule has 1 aromatic carbocycles. The third-order valence-electron chi connectivity index (χ3n) is 5.12. The minimum Gasteiger partial charge on any atom is -0.294 e. The lowest BCUT2D eigenvalue weighted by Crippen LogP contribution is -2.40. The first-order valence-corrected chi connectivity index (χ1v) is 9.03. The highest BCUT2D eigenvalue weighted by Gasteiger charge is 2.29. The first-order chi connectivity index (χ1) is 13.2. The van der Waals surface area contributed by atoms with E-state index in [1.165, 1.54) is 29.8 Å². The molecule has 0 bridgehead atoms. The average Bonchev–Trinajstić information content (AvgIpc) is 3.05. The number of hydrogen-bond acceptors (Lipinski definition) is 5. The largest absolute Gasteiger partial charge is 0.332 e. The van der Waals surface area contributed by atoms with Crippen molar-refractivity contribution in [3.8, 4) is 0 Å². The predicted octanol–water partition coefficient (Wildman–Crippen LogP) is 2.12. The van der Waals surface area contributed by atoms with Crippen LogP contribution in [0.4, 0.5) is 10.3 Å². The van der Waals surface area contributed by atoms with Crippen molar-refractivity contribution < 1.29 is 4.39 Å². The molecule has 1 aliphatic heterocycles. The van der Waals surface area contributed by atoms with E-state index >= 15 is 0 Å². The van der Waals surface area contributed by atoms with E-state index in [0.29, 0.717) is 5.95 Å². The molecule has 2 aromatic heterocycles. The average molecular weight is 405 g/mol. The maximum Gasteiger partial charge on any atom is 0.332 e. The summed E-state index contributed by atoms with van der Waals surface area (Å²) < 4.78 is 18.3. The Morgan fingerprint density at radius 3 is 2.64 bits per heavy atom. The zero-order chi connectivity index (χ0) is 20.3. The quantitative estimate of drug-likeness (QED) is 0.655. The Bertz CT molecular complexity index is 1250. The van der Waals surface area contributed by atoms with Gasteiger partial charge in [-0.25, -0.2) is 14.2 Å². The molecule has 4 rings (SSSR count). The number of nitrogens with zero attached hydrogens (tertiary/aromatic N) is 6. The molecule has 1 aliphatic rings. The molecule has 3 heterocycles. The smallest absolute Gasteiger partial charge is 0.294 e. The normalized spacial score (nSPS) is 16.4. The zero-order valence-corrected chi connectivity index (χ0v) is 16.5. The number of hydrogen-bond donors (Lipinski definition) is 0. The molecule has 0 spiro atoms. The Kier molecular flexibility index (Phi) is 4.15. The second-order valence-electron chi connectivity index (χ2n) is 6.83. The van der Waals surface area contributed by atoms with Crippen LogP contribution in [0.3, 0.4) is 0 Å². The molecule has 0 saturated heterocycles. The van der Waals surface area contributed by atoms with Gasteiger partial charge in [-0.05, 0) is 26.0 Å². The van der Waals surface area contributed by atoms with Crippen LogP contribution in [0, 0.1) is 5.82 Å². The van der Waals surface area contributed by atoms with Crippen molar-refractivity contribution in [2.75, 3.05) is 12.1 Å². The molecule has 0 fully saturated rings. The van der Waals surface area contributed by atoms with Gasteiger partial charge in [0.25, 0.3) is 5.56 Å². The van der Waals surface area contributed by atoms with Crippen LogP contribution in [0.25, 0.3) is 11.2 Å². The molecule has 0 aliphatic carbocycles. The minimum absolute atomic E-state index is 0.0870. The predicted molar refractivity (Wildman–Crippen MR) is 106 cm³/mol. The van der Waals surface area contributed by atoms with Gasteiger partial charge >= 0.3 is 5.69 Å². The second-order valence-corrected chi connectivity index (χ2v) is 7.24. The summed E-state index contributed by atoms with van der Waals surface area (Å²) in [6.45, 7) is 3.49. The lowest BCUT2D eigenvalue weighted by atomic mass is 10.2. The maximum absolute atomic E-state index is 14.2. The third kappa shape index (κ3) is 2.50. The lowest BCUT2D eigenvalue weighted by Gasteiger charge is -2.26. The molecule has 28 heavy (non-hydrogen) atoms. The van der Waals surface area contributed by atoms with Crippen LogP contribution in [0.5, 0.6) is 0 Å². The summed E-state index contributed by atoms with van der Waals surface area (Å²) in [6, 6.07) is 4.02. The van der Waals surface area contributed by atoms with Crippen molar-refractivity contribution in [2.24, 2.45) is 12.1 Å². The number of fused-ring (bicyclic) bond motifs is 3. The van der Waals surface area contributed by atoms with E-state index in [0.717, 1.165) is 10.3 Å². The van der Waals surface area contributed by atoms with E-state index in [1.807, 2.05) is 13.8 Å². The molecular formula is C18H18ClFN6O2. The van der Waals surface area contributed by atoms with Gasteiger partial charge in [-0.2, -0.15) is 10.1 Å². The Morgan fingerprint density at radius 2 is 1.96 bits per heavy atom. The van der Waals surface area contributed by atoms with Crippen molar-refractivity contribution in [1.82, 2.24) is 18.7 Å². The molecule has 0 radical (unpaired) electrons. The Labute approximate surface area is 164 Å². The van der Waals surface area contributed by atoms with E-state index in [1.54, 1.807) is 16.6 Å². The molecule has 3 aromatic rings. The Morgan fingerprint density at radius 1 is 1.25 bits per heavy atom. The van der Waals surface area contributed by atoms with Crippen molar-refractivity contribution in [1.29, 1.82) is 0 Å². The van der Waals surface area contributed by atoms with Crippen LogP contribution in [0.1, 0.15) is 25.5 Å². The van der Waals surface area contributed by atoms with Gasteiger partial charge in [0.05, 0.1) is 18.3 Å². The first kappa shape index (κ1) is 18.4. The van der Waals surface area contributed by atoms with Crippen LogP contribution in [0.2, 0.25) is 5.02 Å². The van der Waals surface area contributed by atoms with Gasteiger partial charge in [-0.3, -0.25) is 18.5 Å². The van der Waals surface area contributed by atoms with Crippen molar-refractivity contribution in [3.63, 3.8) is 0 Å². The molecule has 0 N–H and O–H groups in total. The summed E-state index contributed by atoms with van der Waals surface area (Å²) in [5, 5.41) is 6.12. The van der Waals surface area contributed by atoms with Crippen LogP contribution in [-0.2, 0) is 13.6 Å². The molecule has 8 nitrogen and oxygen atoms in total. The van der Waals surface area contributed by atoms with Gasteiger partial charge in [0.15, 0.2) is 11.2 Å². The zero-order valence-electron chi connectivity index (χ0n) is 15.8. The highest BCUT2D eigenvalue weighted by atomic mass is 35.5. The lowest BCUT2D eigenvalue weighted by molar-refractivity contribution is 0.581. The number of rotatable bonds is 2. The van der Waals surface area contributed by atoms with E-state index < -0.39 is 17.1 Å². The molecule has 10 heteroatoms. The van der Waals surface area contributed by atoms with E-state index in [2.05, 4.69) is 10.1 Å². The fourth-order valence-electron chi connectivity index (χ4n) is 3.46. The second kappa shape index (κ2) is 6.30. The number of anilines is 1. The standard InChI is InChI=1S/C18H18ClFN6O2/c1-9-10(2)26-14-15(21-17(26)24(4)22-9)23(3)18(28)25(16(14)27)8-11-12(19)6-5-7-13(11)20/h5-7,10H,8H2,1-4H3/t10-/m0/s1. The van der Waals surface area contributed by atoms with Gasteiger partial charge in [0, 0.05) is 24.7 Å². The Hall–Kier alpha value is -2.94. The van der Waals surface area contributed by atoms with Crippen molar-refractivity contribution in [3.05, 3.63) is 55.4 Å². The maximum atomic E-state index is 14.2. The first-order valence-electron chi connectivity index (χ1n) is 8.65. The van der Waals surface area contributed by atoms with Crippen molar-refractivity contribution in [2.45, 2.75) is 26.4 Å². The Balaban J connectivity index is 2.03. The van der Waals surface area contributed by atoms with Gasteiger partial charge in [-0.15, -0.1) is 0 Å². The van der Waals surface area contributed by atoms with Gasteiger partial charge < -0.3 is 0 Å². The van der Waals surface area contributed by atoms with E-state index in [9.17, 15) is 14.0 Å². The van der Waals surface area contributed by atoms with Gasteiger partial charge in [0.1, 0.15) is 5.82 Å². The molecule has 0 unspecified atom stereocenters. The van der Waals surface area contributed by atoms with Gasteiger partial charge in [-0.1, -0.05) is 17.7 Å². The molecule has 1 atom stereocenters. The molecule has 0 saturated carbocycles. The van der Waals surface area contributed by atoms with Crippen LogP contribution >= 0.6 is 11.6 Å². The van der Waals surface area contributed by atoms with Crippen LogP contribution in [-0.4, -0.2) is 31.4 Å². The fraction of sp³-hybridized carbons (Fsp3) is 0.333. The number of hydrazone groups is 1. The number of halogens is 2.